The molecule has 3 N–H and O–H groups in total. The van der Waals surface area contributed by atoms with Crippen molar-refractivity contribution < 1.29 is 15.4 Å². The largest absolute Gasteiger partial charge is 0.481 e. The van der Waals surface area contributed by atoms with Crippen molar-refractivity contribution in [3.63, 3.8) is 0 Å². The van der Waals surface area contributed by atoms with Crippen LogP contribution in [0.15, 0.2) is 0 Å². The number of carbonyl (C=O) groups is 1. The molecule has 0 saturated heterocycles. The van der Waals surface area contributed by atoms with Crippen LogP contribution < -0.4 is 0 Å². The van der Waals surface area contributed by atoms with Gasteiger partial charge in [-0.25, -0.2) is 0 Å². The topological polar surface area (TPSA) is 68.8 Å². The number of rotatable bonds is 5. The summed E-state index contributed by atoms with van der Waals surface area (Å²) in [5.74, 6) is -0.831. The molecule has 68 valence electrons. The van der Waals surface area contributed by atoms with Crippen LogP contribution in [0.4, 0.5) is 0 Å². The Kier molecular flexibility index (Phi) is 8.94. The Hall–Kier alpha value is -0.570. The minimum absolute atomic E-state index is 0. The maximum atomic E-state index is 10.3. The van der Waals surface area contributed by atoms with Gasteiger partial charge in [0.1, 0.15) is 0 Å². The third kappa shape index (κ3) is 7.33. The number of hydrogen-bond acceptors (Lipinski definition) is 1. The van der Waals surface area contributed by atoms with Gasteiger partial charge < -0.3 is 10.6 Å². The zero-order valence-electron chi connectivity index (χ0n) is 7.26. The Morgan fingerprint density at radius 3 is 2.36 bits per heavy atom. The molecule has 0 bridgehead atoms. The van der Waals surface area contributed by atoms with Crippen molar-refractivity contribution >= 4 is 5.97 Å². The highest BCUT2D eigenvalue weighted by molar-refractivity contribution is 5.69. The van der Waals surface area contributed by atoms with E-state index < -0.39 is 5.97 Å². The van der Waals surface area contributed by atoms with Crippen molar-refractivity contribution in [2.24, 2.45) is 5.92 Å². The first-order chi connectivity index (χ1) is 4.68. The van der Waals surface area contributed by atoms with Gasteiger partial charge in [0.2, 0.25) is 0 Å². The molecule has 0 spiro atoms. The molecule has 3 heteroatoms. The van der Waals surface area contributed by atoms with Crippen molar-refractivity contribution in [3.05, 3.63) is 0 Å². The first-order valence-electron chi connectivity index (χ1n) is 3.91. The van der Waals surface area contributed by atoms with E-state index in [1.807, 2.05) is 0 Å². The monoisotopic (exact) mass is 162 g/mol. The van der Waals surface area contributed by atoms with Crippen molar-refractivity contribution in [3.8, 4) is 0 Å². The lowest BCUT2D eigenvalue weighted by atomic mass is 10.0. The van der Waals surface area contributed by atoms with Gasteiger partial charge >= 0.3 is 5.97 Å². The SMILES string of the molecule is CCCCCC(C)C(=O)O.O. The van der Waals surface area contributed by atoms with Crippen molar-refractivity contribution in [2.75, 3.05) is 0 Å². The smallest absolute Gasteiger partial charge is 0.306 e. The van der Waals surface area contributed by atoms with Gasteiger partial charge in [-0.15, -0.1) is 0 Å². The van der Waals surface area contributed by atoms with Crippen LogP contribution in [0.2, 0.25) is 0 Å². The molecular formula is C8H18O3. The molecular weight excluding hydrogens is 144 g/mol. The van der Waals surface area contributed by atoms with Gasteiger partial charge in [0, 0.05) is 0 Å². The summed E-state index contributed by atoms with van der Waals surface area (Å²) >= 11 is 0. The Labute approximate surface area is 67.7 Å². The fourth-order valence-electron chi connectivity index (χ4n) is 0.824. The highest BCUT2D eigenvalue weighted by atomic mass is 16.4. The van der Waals surface area contributed by atoms with Crippen molar-refractivity contribution in [2.45, 2.75) is 39.5 Å². The van der Waals surface area contributed by atoms with Gasteiger partial charge in [0.25, 0.3) is 0 Å². The molecule has 11 heavy (non-hydrogen) atoms. The van der Waals surface area contributed by atoms with E-state index in [0.717, 1.165) is 25.7 Å². The Bertz CT molecular complexity index is 102. The molecule has 0 aromatic heterocycles. The van der Waals surface area contributed by atoms with Gasteiger partial charge in [-0.1, -0.05) is 33.1 Å². The molecule has 0 aliphatic rings. The van der Waals surface area contributed by atoms with E-state index in [0.29, 0.717) is 0 Å². The van der Waals surface area contributed by atoms with E-state index in [4.69, 9.17) is 5.11 Å². The summed E-state index contributed by atoms with van der Waals surface area (Å²) in [4.78, 5) is 10.3. The number of unbranched alkanes of at least 4 members (excludes halogenated alkanes) is 2. The van der Waals surface area contributed by atoms with Crippen LogP contribution in [0.1, 0.15) is 39.5 Å². The summed E-state index contributed by atoms with van der Waals surface area (Å²) in [6.07, 6.45) is 4.18. The molecule has 0 radical (unpaired) electrons. The summed E-state index contributed by atoms with van der Waals surface area (Å²) in [5, 5.41) is 8.48. The van der Waals surface area contributed by atoms with E-state index in [1.54, 1.807) is 6.92 Å². The van der Waals surface area contributed by atoms with Gasteiger partial charge in [0.05, 0.1) is 5.92 Å². The molecule has 0 heterocycles. The summed E-state index contributed by atoms with van der Waals surface area (Å²) in [6, 6.07) is 0. The predicted octanol–water partition coefficient (Wildman–Crippen LogP) is 1.46. The third-order valence-corrected chi connectivity index (χ3v) is 1.66. The summed E-state index contributed by atoms with van der Waals surface area (Å²) < 4.78 is 0. The van der Waals surface area contributed by atoms with E-state index in [-0.39, 0.29) is 11.4 Å². The zero-order chi connectivity index (χ0) is 7.98. The lowest BCUT2D eigenvalue weighted by Gasteiger charge is -2.03. The quantitative estimate of drug-likeness (QED) is 0.622. The minimum Gasteiger partial charge on any atom is -0.481 e. The zero-order valence-corrected chi connectivity index (χ0v) is 7.26. The molecule has 1 atom stereocenters. The highest BCUT2D eigenvalue weighted by Gasteiger charge is 2.08. The van der Waals surface area contributed by atoms with Crippen LogP contribution in [-0.4, -0.2) is 16.6 Å². The Balaban J connectivity index is 0. The number of carboxylic acids is 1. The molecule has 0 rings (SSSR count). The maximum Gasteiger partial charge on any atom is 0.306 e. The van der Waals surface area contributed by atoms with Gasteiger partial charge in [-0.2, -0.15) is 0 Å². The fourth-order valence-corrected chi connectivity index (χ4v) is 0.824. The summed E-state index contributed by atoms with van der Waals surface area (Å²) in [7, 11) is 0. The van der Waals surface area contributed by atoms with Crippen LogP contribution in [-0.2, 0) is 4.79 Å². The van der Waals surface area contributed by atoms with E-state index >= 15 is 0 Å². The second kappa shape index (κ2) is 7.54. The summed E-state index contributed by atoms with van der Waals surface area (Å²) in [6.45, 7) is 3.88. The van der Waals surface area contributed by atoms with Crippen molar-refractivity contribution in [1.82, 2.24) is 0 Å². The number of carboxylic acid groups (broad SMARTS) is 1. The van der Waals surface area contributed by atoms with Crippen LogP contribution in [0.25, 0.3) is 0 Å². The molecule has 0 aromatic rings. The lowest BCUT2D eigenvalue weighted by molar-refractivity contribution is -0.141. The summed E-state index contributed by atoms with van der Waals surface area (Å²) in [5.41, 5.74) is 0. The van der Waals surface area contributed by atoms with Gasteiger partial charge in [-0.05, 0) is 6.42 Å². The van der Waals surface area contributed by atoms with Gasteiger partial charge in [0.15, 0.2) is 0 Å². The number of hydrogen-bond donors (Lipinski definition) is 1. The highest BCUT2D eigenvalue weighted by Crippen LogP contribution is 2.08. The van der Waals surface area contributed by atoms with Crippen LogP contribution >= 0.6 is 0 Å². The van der Waals surface area contributed by atoms with E-state index in [9.17, 15) is 4.79 Å². The maximum absolute atomic E-state index is 10.3. The fraction of sp³-hybridized carbons (Fsp3) is 0.875. The average molecular weight is 162 g/mol. The molecule has 3 nitrogen and oxygen atoms in total. The third-order valence-electron chi connectivity index (χ3n) is 1.66. The van der Waals surface area contributed by atoms with Gasteiger partial charge in [-0.3, -0.25) is 4.79 Å². The minimum atomic E-state index is -0.670. The first kappa shape index (κ1) is 13.1. The van der Waals surface area contributed by atoms with Crippen molar-refractivity contribution in [1.29, 1.82) is 0 Å². The molecule has 0 fully saturated rings. The van der Waals surface area contributed by atoms with Crippen LogP contribution in [0, 0.1) is 5.92 Å². The van der Waals surface area contributed by atoms with E-state index in [1.165, 1.54) is 0 Å². The number of aliphatic carboxylic acids is 1. The molecule has 0 aliphatic carbocycles. The predicted molar refractivity (Wildman–Crippen MR) is 44.6 cm³/mol. The Morgan fingerprint density at radius 1 is 1.45 bits per heavy atom. The van der Waals surface area contributed by atoms with Crippen LogP contribution in [0.3, 0.4) is 0 Å². The lowest BCUT2D eigenvalue weighted by Crippen LogP contribution is -2.08. The normalized spacial score (nSPS) is 11.8. The first-order valence-corrected chi connectivity index (χ1v) is 3.91. The molecule has 0 aromatic carbocycles. The molecule has 0 saturated carbocycles. The Morgan fingerprint density at radius 2 is 2.00 bits per heavy atom. The molecule has 0 aliphatic heterocycles. The molecule has 1 unspecified atom stereocenters. The second-order valence-corrected chi connectivity index (χ2v) is 2.74. The van der Waals surface area contributed by atoms with E-state index in [2.05, 4.69) is 6.92 Å². The molecule has 0 amide bonds. The second-order valence-electron chi connectivity index (χ2n) is 2.74. The standard InChI is InChI=1S/C8H16O2.H2O/c1-3-4-5-6-7(2)8(9)10;/h7H,3-6H2,1-2H3,(H,9,10);1H2. The van der Waals surface area contributed by atoms with Crippen LogP contribution in [0.5, 0.6) is 0 Å². The average Bonchev–Trinajstić information content (AvgIpc) is 1.88.